The van der Waals surface area contributed by atoms with Crippen molar-refractivity contribution < 1.29 is 33.3 Å². The fraction of sp³-hybridized carbons (Fsp3) is 0.620. The molecule has 8 nitrogen and oxygen atoms in total. The van der Waals surface area contributed by atoms with Crippen molar-refractivity contribution in [2.24, 2.45) is 50.7 Å². The highest BCUT2D eigenvalue weighted by Gasteiger charge is 2.63. The van der Waals surface area contributed by atoms with Crippen LogP contribution in [0.4, 0.5) is 0 Å². The van der Waals surface area contributed by atoms with Crippen molar-refractivity contribution in [1.82, 2.24) is 0 Å². The van der Waals surface area contributed by atoms with Crippen LogP contribution in [0.5, 0.6) is 11.5 Å². The van der Waals surface area contributed by atoms with Gasteiger partial charge in [0.05, 0.1) is 29.9 Å². The summed E-state index contributed by atoms with van der Waals surface area (Å²) in [5.74, 6) is 1.72. The highest BCUT2D eigenvalue weighted by molar-refractivity contribution is 5.84. The van der Waals surface area contributed by atoms with Crippen molar-refractivity contribution in [2.75, 3.05) is 7.11 Å². The number of hydrogen-bond donors (Lipinski definition) is 1. The first-order valence-corrected chi connectivity index (χ1v) is 21.9. The molecule has 2 aromatic carbocycles. The molecule has 0 amide bonds. The van der Waals surface area contributed by atoms with Crippen LogP contribution in [0.25, 0.3) is 22.1 Å². The van der Waals surface area contributed by atoms with Gasteiger partial charge in [0.1, 0.15) is 29.4 Å². The Bertz CT molecular complexity index is 2160. The zero-order valence-electron chi connectivity index (χ0n) is 36.0. The smallest absolute Gasteiger partial charge is 0.311 e. The van der Waals surface area contributed by atoms with E-state index in [2.05, 4.69) is 54.5 Å². The maximum atomic E-state index is 13.3. The van der Waals surface area contributed by atoms with Crippen LogP contribution in [0.1, 0.15) is 126 Å². The Kier molecular flexibility index (Phi) is 10.3. The largest absolute Gasteiger partial charge is 0.508 e. The molecule has 2 unspecified atom stereocenters. The maximum Gasteiger partial charge on any atom is 0.311 e. The van der Waals surface area contributed by atoms with Gasteiger partial charge in [-0.05, 0) is 139 Å². The Morgan fingerprint density at radius 2 is 1.47 bits per heavy atom. The lowest BCUT2D eigenvalue weighted by Crippen LogP contribution is -2.58. The molecule has 5 aliphatic rings. The third-order valence-electron chi connectivity index (χ3n) is 17.0. The highest BCUT2D eigenvalue weighted by Crippen LogP contribution is 2.70. The van der Waals surface area contributed by atoms with E-state index in [-0.39, 0.29) is 63.7 Å². The summed E-state index contributed by atoms with van der Waals surface area (Å²) in [5.41, 5.74) is 3.47. The normalized spacial score (nSPS) is 34.9. The molecule has 1 N–H and O–H groups in total. The predicted octanol–water partition coefficient (Wildman–Crippen LogP) is 11.2. The van der Waals surface area contributed by atoms with Crippen LogP contribution >= 0.6 is 0 Å². The molecule has 5 aliphatic carbocycles. The zero-order chi connectivity index (χ0) is 41.4. The fourth-order valence-corrected chi connectivity index (χ4v) is 14.2. The molecule has 312 valence electrons. The Morgan fingerprint density at radius 3 is 2.21 bits per heavy atom. The third kappa shape index (κ3) is 6.73. The van der Waals surface area contributed by atoms with Crippen LogP contribution in [0.3, 0.4) is 0 Å². The van der Waals surface area contributed by atoms with Crippen molar-refractivity contribution in [3.8, 4) is 22.6 Å². The van der Waals surface area contributed by atoms with Crippen LogP contribution in [0.2, 0.25) is 0 Å². The molecule has 9 atom stereocenters. The van der Waals surface area contributed by atoms with Crippen LogP contribution in [-0.2, 0) is 19.1 Å². The Labute approximate surface area is 344 Å². The van der Waals surface area contributed by atoms with Gasteiger partial charge in [0, 0.05) is 18.6 Å². The second-order valence-corrected chi connectivity index (χ2v) is 20.8. The molecule has 0 saturated heterocycles. The van der Waals surface area contributed by atoms with Gasteiger partial charge in [-0.2, -0.15) is 0 Å². The molecule has 0 radical (unpaired) electrons. The number of hydrogen-bond acceptors (Lipinski definition) is 8. The van der Waals surface area contributed by atoms with Gasteiger partial charge in [0.2, 0.25) is 0 Å². The lowest BCUT2D eigenvalue weighted by Gasteiger charge is -2.64. The van der Waals surface area contributed by atoms with E-state index < -0.39 is 5.97 Å². The molecule has 8 rings (SSSR count). The van der Waals surface area contributed by atoms with Crippen LogP contribution in [-0.4, -0.2) is 36.4 Å². The second-order valence-electron chi connectivity index (χ2n) is 20.8. The second kappa shape index (κ2) is 14.7. The Hall–Kier alpha value is -3.91. The molecule has 4 fully saturated rings. The first-order chi connectivity index (χ1) is 27.4. The van der Waals surface area contributed by atoms with E-state index in [1.165, 1.54) is 63.0 Å². The summed E-state index contributed by atoms with van der Waals surface area (Å²) in [7, 11) is 1.91. The summed E-state index contributed by atoms with van der Waals surface area (Å²) in [6, 6.07) is 10.9. The van der Waals surface area contributed by atoms with E-state index in [1.54, 1.807) is 29.8 Å². The minimum absolute atomic E-state index is 0.0691. The van der Waals surface area contributed by atoms with Gasteiger partial charge < -0.3 is 23.7 Å². The molecule has 58 heavy (non-hydrogen) atoms. The van der Waals surface area contributed by atoms with Gasteiger partial charge in [-0.1, -0.05) is 72.2 Å². The summed E-state index contributed by atoms with van der Waals surface area (Å²) in [6.45, 7) is 17.4. The molecule has 1 aromatic heterocycles. The summed E-state index contributed by atoms with van der Waals surface area (Å²) in [5, 5.41) is 9.94. The average Bonchev–Trinajstić information content (AvgIpc) is 3.33. The monoisotopic (exact) mass is 792 g/mol. The zero-order valence-corrected chi connectivity index (χ0v) is 36.0. The topological polar surface area (TPSA) is 112 Å². The van der Waals surface area contributed by atoms with E-state index in [4.69, 9.17) is 18.6 Å². The summed E-state index contributed by atoms with van der Waals surface area (Å²) in [6.07, 6.45) is 15.5. The van der Waals surface area contributed by atoms with Crippen LogP contribution < -0.4 is 10.2 Å². The predicted molar refractivity (Wildman–Crippen MR) is 225 cm³/mol. The van der Waals surface area contributed by atoms with E-state index in [0.717, 1.165) is 25.7 Å². The number of phenolic OH excluding ortho intramolecular Hbond substituents is 1. The number of esters is 2. The number of fused-ring (bicyclic) bond motifs is 7. The van der Waals surface area contributed by atoms with E-state index >= 15 is 0 Å². The first-order valence-electron chi connectivity index (χ1n) is 21.9. The number of rotatable bonds is 7. The molecule has 1 heterocycles. The van der Waals surface area contributed by atoms with E-state index in [0.29, 0.717) is 57.1 Å². The Balaban J connectivity index is 0.894. The maximum absolute atomic E-state index is 13.3. The average molecular weight is 793 g/mol. The van der Waals surface area contributed by atoms with Crippen molar-refractivity contribution in [2.45, 2.75) is 138 Å². The van der Waals surface area contributed by atoms with Gasteiger partial charge >= 0.3 is 11.9 Å². The number of carbonyl (C=O) groups is 2. The number of aromatic hydroxyl groups is 1. The van der Waals surface area contributed by atoms with Gasteiger partial charge in [-0.3, -0.25) is 14.4 Å². The first kappa shape index (κ1) is 40.9. The molecule has 8 heteroatoms. The van der Waals surface area contributed by atoms with Gasteiger partial charge in [0.25, 0.3) is 0 Å². The third-order valence-corrected chi connectivity index (χ3v) is 17.0. The lowest BCUT2D eigenvalue weighted by molar-refractivity contribution is -0.178. The molecule has 4 saturated carbocycles. The summed E-state index contributed by atoms with van der Waals surface area (Å²) in [4.78, 5) is 39.4. The van der Waals surface area contributed by atoms with E-state index in [1.807, 2.05) is 7.11 Å². The highest BCUT2D eigenvalue weighted by atomic mass is 16.5. The quantitative estimate of drug-likeness (QED) is 0.143. The Morgan fingerprint density at radius 1 is 0.776 bits per heavy atom. The number of phenols is 1. The van der Waals surface area contributed by atoms with Crippen molar-refractivity contribution in [3.05, 3.63) is 70.6 Å². The molecule has 0 aliphatic heterocycles. The van der Waals surface area contributed by atoms with E-state index in [9.17, 15) is 19.5 Å². The van der Waals surface area contributed by atoms with Crippen molar-refractivity contribution >= 4 is 22.9 Å². The van der Waals surface area contributed by atoms with Gasteiger partial charge in [-0.15, -0.1) is 0 Å². The number of methoxy groups -OCH3 is 1. The van der Waals surface area contributed by atoms with Crippen LogP contribution in [0, 0.1) is 50.7 Å². The molecule has 0 bridgehead atoms. The molecular formula is C50H64O8. The minimum Gasteiger partial charge on any atom is -0.508 e. The minimum atomic E-state index is -0.558. The number of allylic oxidation sites excluding steroid dienone is 2. The molecule has 3 aromatic rings. The summed E-state index contributed by atoms with van der Waals surface area (Å²) < 4.78 is 23.6. The van der Waals surface area contributed by atoms with Crippen molar-refractivity contribution in [1.29, 1.82) is 0 Å². The standard InChI is InChI=1S/C50H64O8/c1-46(2)39-21-24-48(5)28-31-11-17-38-47(3,4)42(23-25-49(38,6)36(31)16-18-40(48)50(39,7)26-22-41(46)55-8)58-44(53)20-19-43(52)57-33-14-15-34-37(27-33)56-29-35(45(34)54)30-9-12-32(51)13-10-30/h9-15,27,29,36,38-42,51H,16-26,28H2,1-8H3/t36-,38-,39?,40?,41-,42+,48-,49+,50-/m0/s1. The number of ether oxygens (including phenoxy) is 3. The van der Waals surface area contributed by atoms with Crippen LogP contribution in [0.15, 0.2) is 69.6 Å². The SMILES string of the molecule is CO[C@H]1CC[C@@]2(C)C(CC[C@@]3(C)CC4=CC[C@H]5C(C)(C)[C@H](OC(=O)CCC(=O)Oc6ccc7c(=O)c(-c8ccc(O)cc8)coc7c6)CC[C@]5(C)[C@H]4CCC32)C1(C)C. The fourth-order valence-electron chi connectivity index (χ4n) is 14.2. The summed E-state index contributed by atoms with van der Waals surface area (Å²) >= 11 is 0. The molecular weight excluding hydrogens is 729 g/mol. The number of benzene rings is 2. The van der Waals surface area contributed by atoms with Gasteiger partial charge in [-0.25, -0.2) is 0 Å². The number of carbonyl (C=O) groups excluding carboxylic acids is 2. The molecule has 0 spiro atoms. The lowest BCUT2D eigenvalue weighted by atomic mass is 9.42. The van der Waals surface area contributed by atoms with Gasteiger partial charge in [0.15, 0.2) is 5.43 Å². The van der Waals surface area contributed by atoms with Crippen molar-refractivity contribution in [3.63, 3.8) is 0 Å².